The fourth-order valence-corrected chi connectivity index (χ4v) is 2.12. The molecule has 1 aromatic heterocycles. The van der Waals surface area contributed by atoms with Crippen molar-refractivity contribution >= 4 is 23.3 Å². The van der Waals surface area contributed by atoms with Crippen molar-refractivity contribution in [3.63, 3.8) is 0 Å². The highest BCUT2D eigenvalue weighted by Gasteiger charge is 2.07. The van der Waals surface area contributed by atoms with Crippen LogP contribution in [-0.2, 0) is 11.3 Å². The van der Waals surface area contributed by atoms with E-state index in [-0.39, 0.29) is 11.9 Å². The fraction of sp³-hybridized carbons (Fsp3) is 0.278. The lowest BCUT2D eigenvalue weighted by molar-refractivity contribution is -0.115. The Morgan fingerprint density at radius 3 is 2.58 bits per heavy atom. The minimum absolute atomic E-state index is 0.0697. The number of carbonyl (C=O) groups is 2. The molecule has 0 fully saturated rings. The van der Waals surface area contributed by atoms with E-state index in [1.165, 1.54) is 0 Å². The average Bonchev–Trinajstić information content (AvgIpc) is 2.56. The Balaban J connectivity index is 1.97. The summed E-state index contributed by atoms with van der Waals surface area (Å²) in [6, 6.07) is 10.8. The molecule has 6 heteroatoms. The number of benzene rings is 1. The number of amides is 3. The van der Waals surface area contributed by atoms with Crippen LogP contribution in [0, 0.1) is 13.8 Å². The summed E-state index contributed by atoms with van der Waals surface area (Å²) in [5, 5.41) is 8.35. The third kappa shape index (κ3) is 5.08. The van der Waals surface area contributed by atoms with Gasteiger partial charge in [0.05, 0.1) is 12.2 Å². The Labute approximate surface area is 141 Å². The number of hydrogen-bond donors (Lipinski definition) is 3. The second-order valence-corrected chi connectivity index (χ2v) is 5.51. The lowest BCUT2D eigenvalue weighted by Crippen LogP contribution is -2.29. The molecule has 24 heavy (non-hydrogen) atoms. The summed E-state index contributed by atoms with van der Waals surface area (Å²) in [5.74, 6) is -0.0697. The van der Waals surface area contributed by atoms with Gasteiger partial charge in [0.1, 0.15) is 0 Å². The molecule has 0 saturated heterocycles. The molecule has 0 aliphatic carbocycles. The van der Waals surface area contributed by atoms with Crippen LogP contribution in [0.15, 0.2) is 36.4 Å². The Morgan fingerprint density at radius 1 is 1.08 bits per heavy atom. The zero-order valence-corrected chi connectivity index (χ0v) is 14.1. The van der Waals surface area contributed by atoms with E-state index in [1.807, 2.05) is 44.2 Å². The molecule has 1 aromatic carbocycles. The van der Waals surface area contributed by atoms with E-state index in [0.29, 0.717) is 24.3 Å². The van der Waals surface area contributed by atoms with Gasteiger partial charge in [0, 0.05) is 23.5 Å². The van der Waals surface area contributed by atoms with E-state index < -0.39 is 0 Å². The number of nitrogens with one attached hydrogen (secondary N) is 3. The number of anilines is 2. The van der Waals surface area contributed by atoms with Crippen LogP contribution in [0.2, 0.25) is 0 Å². The monoisotopic (exact) mass is 326 g/mol. The molecule has 0 aliphatic heterocycles. The second-order valence-electron chi connectivity index (χ2n) is 5.51. The average molecular weight is 326 g/mol. The summed E-state index contributed by atoms with van der Waals surface area (Å²) >= 11 is 0. The Hall–Kier alpha value is -2.89. The number of pyridine rings is 1. The van der Waals surface area contributed by atoms with Crippen LogP contribution in [0.25, 0.3) is 0 Å². The molecule has 0 atom stereocenters. The highest BCUT2D eigenvalue weighted by molar-refractivity contribution is 5.94. The number of urea groups is 1. The Morgan fingerprint density at radius 2 is 1.88 bits per heavy atom. The van der Waals surface area contributed by atoms with Crippen LogP contribution in [0.1, 0.15) is 30.3 Å². The van der Waals surface area contributed by atoms with Gasteiger partial charge in [0.2, 0.25) is 5.91 Å². The molecule has 0 radical (unpaired) electrons. The van der Waals surface area contributed by atoms with Gasteiger partial charge in [-0.3, -0.25) is 9.78 Å². The van der Waals surface area contributed by atoms with Crippen LogP contribution in [-0.4, -0.2) is 16.9 Å². The fourth-order valence-electron chi connectivity index (χ4n) is 2.12. The van der Waals surface area contributed by atoms with Gasteiger partial charge in [-0.05, 0) is 43.7 Å². The molecule has 2 aromatic rings. The van der Waals surface area contributed by atoms with E-state index in [4.69, 9.17) is 0 Å². The van der Waals surface area contributed by atoms with E-state index in [1.54, 1.807) is 13.0 Å². The number of carbonyl (C=O) groups excluding carboxylic acids is 2. The zero-order valence-electron chi connectivity index (χ0n) is 14.1. The standard InChI is InChI=1S/C18H22N4O2/c1-4-17(23)21-14-9-8-12(2)16(10-14)22-18(24)19-11-15-7-5-6-13(3)20-15/h5-10H,4,11H2,1-3H3,(H,21,23)(H2,19,22,24). The molecule has 3 N–H and O–H groups in total. The maximum atomic E-state index is 12.1. The van der Waals surface area contributed by atoms with Crippen molar-refractivity contribution in [3.05, 3.63) is 53.3 Å². The van der Waals surface area contributed by atoms with Crippen LogP contribution >= 0.6 is 0 Å². The molecule has 0 bridgehead atoms. The van der Waals surface area contributed by atoms with Crippen molar-refractivity contribution in [2.75, 3.05) is 10.6 Å². The SMILES string of the molecule is CCC(=O)Nc1ccc(C)c(NC(=O)NCc2cccc(C)n2)c1. The van der Waals surface area contributed by atoms with Gasteiger partial charge < -0.3 is 16.0 Å². The van der Waals surface area contributed by atoms with E-state index >= 15 is 0 Å². The van der Waals surface area contributed by atoms with Crippen LogP contribution in [0.4, 0.5) is 16.2 Å². The summed E-state index contributed by atoms with van der Waals surface area (Å²) in [5.41, 5.74) is 3.92. The smallest absolute Gasteiger partial charge is 0.319 e. The topological polar surface area (TPSA) is 83.1 Å². The quantitative estimate of drug-likeness (QED) is 0.788. The molecule has 2 rings (SSSR count). The lowest BCUT2D eigenvalue weighted by Gasteiger charge is -2.12. The normalized spacial score (nSPS) is 10.1. The van der Waals surface area contributed by atoms with Gasteiger partial charge in [-0.2, -0.15) is 0 Å². The second kappa shape index (κ2) is 8.10. The predicted molar refractivity (Wildman–Crippen MR) is 94.9 cm³/mol. The number of rotatable bonds is 5. The third-order valence-corrected chi connectivity index (χ3v) is 3.47. The molecular weight excluding hydrogens is 304 g/mol. The molecule has 0 unspecified atom stereocenters. The number of hydrogen-bond acceptors (Lipinski definition) is 3. The van der Waals surface area contributed by atoms with Gasteiger partial charge >= 0.3 is 6.03 Å². The van der Waals surface area contributed by atoms with Gasteiger partial charge in [-0.15, -0.1) is 0 Å². The predicted octanol–water partition coefficient (Wildman–Crippen LogP) is 3.37. The lowest BCUT2D eigenvalue weighted by atomic mass is 10.2. The van der Waals surface area contributed by atoms with Crippen molar-refractivity contribution < 1.29 is 9.59 Å². The molecule has 126 valence electrons. The van der Waals surface area contributed by atoms with Gasteiger partial charge in [-0.1, -0.05) is 19.1 Å². The van der Waals surface area contributed by atoms with Gasteiger partial charge in [-0.25, -0.2) is 4.79 Å². The highest BCUT2D eigenvalue weighted by atomic mass is 16.2. The minimum atomic E-state index is -0.319. The molecule has 3 amide bonds. The van der Waals surface area contributed by atoms with Gasteiger partial charge in [0.25, 0.3) is 0 Å². The Kier molecular flexibility index (Phi) is 5.89. The first-order chi connectivity index (χ1) is 11.5. The first-order valence-corrected chi connectivity index (χ1v) is 7.86. The molecule has 0 saturated carbocycles. The summed E-state index contributed by atoms with van der Waals surface area (Å²) in [4.78, 5) is 27.9. The van der Waals surface area contributed by atoms with E-state index in [0.717, 1.165) is 17.0 Å². The summed E-state index contributed by atoms with van der Waals surface area (Å²) in [6.07, 6.45) is 0.403. The largest absolute Gasteiger partial charge is 0.332 e. The van der Waals surface area contributed by atoms with Crippen molar-refractivity contribution in [3.8, 4) is 0 Å². The number of aryl methyl sites for hydroxylation is 2. The van der Waals surface area contributed by atoms with E-state index in [9.17, 15) is 9.59 Å². The van der Waals surface area contributed by atoms with E-state index in [2.05, 4.69) is 20.9 Å². The summed E-state index contributed by atoms with van der Waals surface area (Å²) in [6.45, 7) is 5.93. The molecule has 0 spiro atoms. The summed E-state index contributed by atoms with van der Waals surface area (Å²) in [7, 11) is 0. The van der Waals surface area contributed by atoms with Crippen LogP contribution in [0.5, 0.6) is 0 Å². The number of aromatic nitrogens is 1. The van der Waals surface area contributed by atoms with Crippen molar-refractivity contribution in [1.82, 2.24) is 10.3 Å². The zero-order chi connectivity index (χ0) is 17.5. The van der Waals surface area contributed by atoms with Crippen molar-refractivity contribution in [1.29, 1.82) is 0 Å². The van der Waals surface area contributed by atoms with Crippen molar-refractivity contribution in [2.45, 2.75) is 33.7 Å². The molecule has 0 aliphatic rings. The minimum Gasteiger partial charge on any atom is -0.332 e. The maximum absolute atomic E-state index is 12.1. The van der Waals surface area contributed by atoms with Crippen LogP contribution in [0.3, 0.4) is 0 Å². The Bertz CT molecular complexity index is 744. The van der Waals surface area contributed by atoms with Crippen LogP contribution < -0.4 is 16.0 Å². The summed E-state index contributed by atoms with van der Waals surface area (Å²) < 4.78 is 0. The highest BCUT2D eigenvalue weighted by Crippen LogP contribution is 2.20. The van der Waals surface area contributed by atoms with Gasteiger partial charge in [0.15, 0.2) is 0 Å². The maximum Gasteiger partial charge on any atom is 0.319 e. The molecule has 1 heterocycles. The molecule has 6 nitrogen and oxygen atoms in total. The first-order valence-electron chi connectivity index (χ1n) is 7.86. The molecular formula is C18H22N4O2. The first kappa shape index (κ1) is 17.5. The third-order valence-electron chi connectivity index (χ3n) is 3.47. The van der Waals surface area contributed by atoms with Crippen molar-refractivity contribution in [2.24, 2.45) is 0 Å². The number of nitrogens with zero attached hydrogens (tertiary/aromatic N) is 1.